The molecule has 1 atom stereocenters. The molecule has 0 radical (unpaired) electrons. The van der Waals surface area contributed by atoms with Crippen LogP contribution in [0.4, 0.5) is 0 Å². The molecule has 0 bridgehead atoms. The van der Waals surface area contributed by atoms with Crippen LogP contribution in [0.5, 0.6) is 0 Å². The number of nitrogens with one attached hydrogen (secondary N) is 1. The van der Waals surface area contributed by atoms with Crippen molar-refractivity contribution < 1.29 is 13.5 Å². The zero-order chi connectivity index (χ0) is 19.4. The van der Waals surface area contributed by atoms with Gasteiger partial charge in [0.05, 0.1) is 10.6 Å². The van der Waals surface area contributed by atoms with Gasteiger partial charge < -0.3 is 5.11 Å². The SMILES string of the molecule is C=CC(O)(/C(=C/c1ccccc1)NS(=O)(=O)c1ccc(C)cc1)C(C)C. The van der Waals surface area contributed by atoms with Crippen molar-refractivity contribution in [1.82, 2.24) is 4.72 Å². The molecule has 2 N–H and O–H groups in total. The van der Waals surface area contributed by atoms with Gasteiger partial charge in [-0.1, -0.05) is 74.5 Å². The van der Waals surface area contributed by atoms with Crippen LogP contribution in [0.3, 0.4) is 0 Å². The summed E-state index contributed by atoms with van der Waals surface area (Å²) in [5, 5.41) is 11.1. The van der Waals surface area contributed by atoms with E-state index in [0.29, 0.717) is 0 Å². The Kier molecular flexibility index (Phi) is 6.05. The minimum Gasteiger partial charge on any atom is -0.379 e. The van der Waals surface area contributed by atoms with Gasteiger partial charge in [-0.15, -0.1) is 0 Å². The maximum Gasteiger partial charge on any atom is 0.261 e. The molecule has 0 saturated carbocycles. The van der Waals surface area contributed by atoms with E-state index in [1.165, 1.54) is 6.08 Å². The van der Waals surface area contributed by atoms with Crippen LogP contribution in [-0.4, -0.2) is 19.1 Å². The molecule has 0 aliphatic heterocycles. The van der Waals surface area contributed by atoms with Gasteiger partial charge in [0, 0.05) is 0 Å². The first-order chi connectivity index (χ1) is 12.2. The molecule has 26 heavy (non-hydrogen) atoms. The summed E-state index contributed by atoms with van der Waals surface area (Å²) < 4.78 is 28.2. The van der Waals surface area contributed by atoms with Gasteiger partial charge in [-0.25, -0.2) is 8.42 Å². The summed E-state index contributed by atoms with van der Waals surface area (Å²) in [5.74, 6) is -0.282. The van der Waals surface area contributed by atoms with E-state index in [0.717, 1.165) is 11.1 Å². The maximum absolute atomic E-state index is 12.8. The van der Waals surface area contributed by atoms with Crippen LogP contribution in [0.15, 0.2) is 77.8 Å². The summed E-state index contributed by atoms with van der Waals surface area (Å²) in [6, 6.07) is 15.8. The molecule has 0 heterocycles. The Morgan fingerprint density at radius 3 is 2.19 bits per heavy atom. The predicted molar refractivity (Wildman–Crippen MR) is 106 cm³/mol. The molecule has 0 aromatic heterocycles. The van der Waals surface area contributed by atoms with E-state index in [1.807, 2.05) is 37.3 Å². The lowest BCUT2D eigenvalue weighted by Gasteiger charge is -2.32. The van der Waals surface area contributed by atoms with Crippen molar-refractivity contribution in [2.45, 2.75) is 31.3 Å². The first-order valence-corrected chi connectivity index (χ1v) is 9.90. The van der Waals surface area contributed by atoms with Crippen molar-refractivity contribution in [2.75, 3.05) is 0 Å². The zero-order valence-electron chi connectivity index (χ0n) is 15.3. The number of hydrogen-bond donors (Lipinski definition) is 2. The highest BCUT2D eigenvalue weighted by Crippen LogP contribution is 2.29. The second kappa shape index (κ2) is 7.89. The van der Waals surface area contributed by atoms with E-state index < -0.39 is 15.6 Å². The van der Waals surface area contributed by atoms with E-state index in [2.05, 4.69) is 11.3 Å². The second-order valence-corrected chi connectivity index (χ2v) is 8.25. The fourth-order valence-electron chi connectivity index (χ4n) is 2.52. The molecule has 4 nitrogen and oxygen atoms in total. The lowest BCUT2D eigenvalue weighted by atomic mass is 9.86. The average Bonchev–Trinajstić information content (AvgIpc) is 2.61. The van der Waals surface area contributed by atoms with Crippen molar-refractivity contribution in [3.63, 3.8) is 0 Å². The van der Waals surface area contributed by atoms with Crippen LogP contribution < -0.4 is 4.72 Å². The monoisotopic (exact) mass is 371 g/mol. The molecular weight excluding hydrogens is 346 g/mol. The van der Waals surface area contributed by atoms with E-state index >= 15 is 0 Å². The molecule has 0 amide bonds. The van der Waals surface area contributed by atoms with Gasteiger partial charge in [0.25, 0.3) is 10.0 Å². The van der Waals surface area contributed by atoms with Gasteiger partial charge in [-0.05, 0) is 36.6 Å². The molecule has 138 valence electrons. The summed E-state index contributed by atoms with van der Waals surface area (Å²) >= 11 is 0. The highest BCUT2D eigenvalue weighted by molar-refractivity contribution is 7.89. The predicted octanol–water partition coefficient (Wildman–Crippen LogP) is 3.89. The minimum atomic E-state index is -3.85. The fourth-order valence-corrected chi connectivity index (χ4v) is 3.64. The number of aliphatic hydroxyl groups is 1. The maximum atomic E-state index is 12.8. The van der Waals surface area contributed by atoms with Crippen LogP contribution in [0.2, 0.25) is 0 Å². The van der Waals surface area contributed by atoms with Crippen molar-refractivity contribution in [3.8, 4) is 0 Å². The number of benzene rings is 2. The summed E-state index contributed by atoms with van der Waals surface area (Å²) in [4.78, 5) is 0.136. The van der Waals surface area contributed by atoms with Crippen molar-refractivity contribution in [2.24, 2.45) is 5.92 Å². The Hall–Kier alpha value is -2.37. The van der Waals surface area contributed by atoms with E-state index in [9.17, 15) is 13.5 Å². The largest absolute Gasteiger partial charge is 0.379 e. The lowest BCUT2D eigenvalue weighted by molar-refractivity contribution is 0.0776. The molecule has 2 aromatic rings. The molecule has 1 unspecified atom stereocenters. The third-order valence-corrected chi connectivity index (χ3v) is 5.69. The number of hydrogen-bond acceptors (Lipinski definition) is 3. The molecule has 2 aromatic carbocycles. The van der Waals surface area contributed by atoms with Gasteiger partial charge in [-0.2, -0.15) is 0 Å². The Labute approximate surface area is 155 Å². The fraction of sp³-hybridized carbons (Fsp3) is 0.238. The van der Waals surface area contributed by atoms with Crippen molar-refractivity contribution in [1.29, 1.82) is 0 Å². The van der Waals surface area contributed by atoms with Crippen molar-refractivity contribution in [3.05, 3.63) is 84.1 Å². The number of sulfonamides is 1. The summed E-state index contributed by atoms with van der Waals surface area (Å²) in [6.07, 6.45) is 3.00. The van der Waals surface area contributed by atoms with Crippen LogP contribution in [0.1, 0.15) is 25.0 Å². The molecule has 0 spiro atoms. The number of rotatable bonds is 7. The first-order valence-electron chi connectivity index (χ1n) is 8.41. The standard InChI is InChI=1S/C21H25NO3S/c1-5-21(23,16(2)3)20(15-18-9-7-6-8-10-18)22-26(24,25)19-13-11-17(4)12-14-19/h5-16,22-23H,1H2,2-4H3/b20-15-. The van der Waals surface area contributed by atoms with Gasteiger partial charge in [0.15, 0.2) is 0 Å². The Morgan fingerprint density at radius 1 is 1.12 bits per heavy atom. The number of aryl methyl sites for hydroxylation is 1. The lowest BCUT2D eigenvalue weighted by Crippen LogP contribution is -2.42. The van der Waals surface area contributed by atoms with E-state index in [-0.39, 0.29) is 16.5 Å². The minimum absolute atomic E-state index is 0.136. The van der Waals surface area contributed by atoms with Gasteiger partial charge in [0.1, 0.15) is 5.60 Å². The molecular formula is C21H25NO3S. The van der Waals surface area contributed by atoms with Crippen molar-refractivity contribution >= 4 is 16.1 Å². The van der Waals surface area contributed by atoms with Gasteiger partial charge in [0.2, 0.25) is 0 Å². The summed E-state index contributed by atoms with van der Waals surface area (Å²) in [6.45, 7) is 9.21. The summed E-state index contributed by atoms with van der Waals surface area (Å²) in [5.41, 5.74) is 0.381. The Bertz CT molecular complexity index is 885. The smallest absolute Gasteiger partial charge is 0.261 e. The van der Waals surface area contributed by atoms with Crippen LogP contribution in [0.25, 0.3) is 6.08 Å². The molecule has 2 rings (SSSR count). The third kappa shape index (κ3) is 4.42. The molecule has 0 fully saturated rings. The van der Waals surface area contributed by atoms with Crippen LogP contribution in [0, 0.1) is 12.8 Å². The first kappa shape index (κ1) is 19.9. The van der Waals surface area contributed by atoms with Crippen LogP contribution >= 0.6 is 0 Å². The second-order valence-electron chi connectivity index (χ2n) is 6.57. The Morgan fingerprint density at radius 2 is 1.69 bits per heavy atom. The van der Waals surface area contributed by atoms with Gasteiger partial charge >= 0.3 is 0 Å². The molecule has 5 heteroatoms. The normalized spacial score (nSPS) is 14.7. The van der Waals surface area contributed by atoms with Crippen LogP contribution in [-0.2, 0) is 10.0 Å². The average molecular weight is 372 g/mol. The third-order valence-electron chi connectivity index (χ3n) is 4.31. The quantitative estimate of drug-likeness (QED) is 0.726. The molecule has 0 aliphatic rings. The summed E-state index contributed by atoms with van der Waals surface area (Å²) in [7, 11) is -3.85. The highest BCUT2D eigenvalue weighted by Gasteiger charge is 2.34. The Balaban J connectivity index is 2.52. The van der Waals surface area contributed by atoms with E-state index in [4.69, 9.17) is 0 Å². The topological polar surface area (TPSA) is 66.4 Å². The van der Waals surface area contributed by atoms with E-state index in [1.54, 1.807) is 44.2 Å². The molecule has 0 saturated heterocycles. The molecule has 0 aliphatic carbocycles. The zero-order valence-corrected chi connectivity index (χ0v) is 16.1. The van der Waals surface area contributed by atoms with Gasteiger partial charge in [-0.3, -0.25) is 4.72 Å². The highest BCUT2D eigenvalue weighted by atomic mass is 32.2.